The number of carbonyl (C=O) groups excluding carboxylic acids is 2. The zero-order chi connectivity index (χ0) is 23.4. The molecule has 3 heterocycles. The smallest absolute Gasteiger partial charge is 0.319 e. The number of piperidine rings is 1. The van der Waals surface area contributed by atoms with Crippen molar-refractivity contribution in [1.82, 2.24) is 19.8 Å². The van der Waals surface area contributed by atoms with E-state index in [0.717, 1.165) is 29.9 Å². The molecule has 1 aliphatic heterocycles. The lowest BCUT2D eigenvalue weighted by Crippen LogP contribution is -2.44. The minimum atomic E-state index is -0.405. The second kappa shape index (κ2) is 9.85. The van der Waals surface area contributed by atoms with E-state index < -0.39 is 5.82 Å². The van der Waals surface area contributed by atoms with E-state index in [1.165, 1.54) is 12.1 Å². The van der Waals surface area contributed by atoms with Crippen molar-refractivity contribution in [2.75, 3.05) is 25.0 Å². The van der Waals surface area contributed by atoms with Crippen molar-refractivity contribution in [3.63, 3.8) is 0 Å². The van der Waals surface area contributed by atoms with Crippen LogP contribution >= 0.6 is 0 Å². The molecule has 0 aliphatic carbocycles. The highest BCUT2D eigenvalue weighted by molar-refractivity contribution is 5.96. The molecule has 0 radical (unpaired) electrons. The Morgan fingerprint density at radius 3 is 2.79 bits per heavy atom. The molecule has 0 saturated carbocycles. The fourth-order valence-corrected chi connectivity index (χ4v) is 4.43. The van der Waals surface area contributed by atoms with Gasteiger partial charge in [0.1, 0.15) is 5.82 Å². The van der Waals surface area contributed by atoms with Gasteiger partial charge in [-0.3, -0.25) is 9.78 Å². The number of rotatable bonds is 5. The molecule has 4 rings (SSSR count). The van der Waals surface area contributed by atoms with E-state index in [1.807, 2.05) is 41.5 Å². The SMILES string of the molecule is Cc1cc(C(=O)N2CCCC(CNC(=O)Nc3cccc(F)c3)C2)c(C)n1-c1cccnc1. The zero-order valence-corrected chi connectivity index (χ0v) is 18.8. The van der Waals surface area contributed by atoms with E-state index in [4.69, 9.17) is 0 Å². The number of halogens is 1. The Morgan fingerprint density at radius 2 is 2.03 bits per heavy atom. The Kier molecular flexibility index (Phi) is 6.72. The first-order valence-corrected chi connectivity index (χ1v) is 11.1. The minimum Gasteiger partial charge on any atom is -0.338 e. The number of hydrogen-bond acceptors (Lipinski definition) is 3. The Labute approximate surface area is 192 Å². The summed E-state index contributed by atoms with van der Waals surface area (Å²) < 4.78 is 15.3. The molecule has 0 bridgehead atoms. The van der Waals surface area contributed by atoms with Crippen molar-refractivity contribution >= 4 is 17.6 Å². The average Bonchev–Trinajstić information content (AvgIpc) is 3.11. The number of pyridine rings is 1. The molecule has 1 aromatic carbocycles. The van der Waals surface area contributed by atoms with Gasteiger partial charge in [-0.25, -0.2) is 9.18 Å². The van der Waals surface area contributed by atoms with Crippen molar-refractivity contribution in [1.29, 1.82) is 0 Å². The summed E-state index contributed by atoms with van der Waals surface area (Å²) in [6, 6.07) is 11.2. The van der Waals surface area contributed by atoms with Crippen molar-refractivity contribution in [2.24, 2.45) is 5.92 Å². The number of amides is 3. The third-order valence-electron chi connectivity index (χ3n) is 6.01. The first-order chi connectivity index (χ1) is 15.9. The molecule has 3 amide bonds. The van der Waals surface area contributed by atoms with Crippen LogP contribution in [0, 0.1) is 25.6 Å². The summed E-state index contributed by atoms with van der Waals surface area (Å²) in [6.07, 6.45) is 5.32. The number of anilines is 1. The molecule has 7 nitrogen and oxygen atoms in total. The first kappa shape index (κ1) is 22.5. The van der Waals surface area contributed by atoms with Gasteiger partial charge < -0.3 is 20.1 Å². The maximum atomic E-state index is 13.3. The van der Waals surface area contributed by atoms with Crippen molar-refractivity contribution in [2.45, 2.75) is 26.7 Å². The third kappa shape index (κ3) is 5.22. The number of hydrogen-bond donors (Lipinski definition) is 2. The molecule has 172 valence electrons. The summed E-state index contributed by atoms with van der Waals surface area (Å²) in [5, 5.41) is 5.48. The molecule has 3 aromatic rings. The molecular formula is C25H28FN5O2. The number of aromatic nitrogens is 2. The normalized spacial score (nSPS) is 15.8. The van der Waals surface area contributed by atoms with E-state index in [9.17, 15) is 14.0 Å². The Balaban J connectivity index is 1.37. The number of nitrogens with one attached hydrogen (secondary N) is 2. The predicted molar refractivity (Wildman–Crippen MR) is 125 cm³/mol. The second-order valence-electron chi connectivity index (χ2n) is 8.44. The summed E-state index contributed by atoms with van der Waals surface area (Å²) in [6.45, 7) is 5.65. The third-order valence-corrected chi connectivity index (χ3v) is 6.01. The van der Waals surface area contributed by atoms with Gasteiger partial charge in [-0.2, -0.15) is 0 Å². The van der Waals surface area contributed by atoms with Crippen LogP contribution in [0.2, 0.25) is 0 Å². The van der Waals surface area contributed by atoms with Crippen LogP contribution in [-0.2, 0) is 0 Å². The van der Waals surface area contributed by atoms with Gasteiger partial charge in [0.2, 0.25) is 0 Å². The Hall–Kier alpha value is -3.68. The number of aryl methyl sites for hydroxylation is 1. The molecule has 2 aromatic heterocycles. The molecular weight excluding hydrogens is 421 g/mol. The van der Waals surface area contributed by atoms with Gasteiger partial charge in [0, 0.05) is 42.9 Å². The first-order valence-electron chi connectivity index (χ1n) is 11.1. The monoisotopic (exact) mass is 449 g/mol. The fourth-order valence-electron chi connectivity index (χ4n) is 4.43. The molecule has 0 spiro atoms. The van der Waals surface area contributed by atoms with E-state index in [2.05, 4.69) is 15.6 Å². The maximum Gasteiger partial charge on any atom is 0.319 e. The number of urea groups is 1. The van der Waals surface area contributed by atoms with Crippen LogP contribution in [-0.4, -0.2) is 46.0 Å². The van der Waals surface area contributed by atoms with Crippen molar-refractivity contribution in [3.8, 4) is 5.69 Å². The lowest BCUT2D eigenvalue weighted by atomic mass is 9.97. The van der Waals surface area contributed by atoms with Crippen LogP contribution in [0.4, 0.5) is 14.9 Å². The number of carbonyl (C=O) groups is 2. The summed E-state index contributed by atoms with van der Waals surface area (Å²) >= 11 is 0. The quantitative estimate of drug-likeness (QED) is 0.610. The molecule has 1 fully saturated rings. The Bertz CT molecular complexity index is 1140. The van der Waals surface area contributed by atoms with Crippen molar-refractivity contribution in [3.05, 3.63) is 77.6 Å². The van der Waals surface area contributed by atoms with Gasteiger partial charge in [-0.1, -0.05) is 6.07 Å². The van der Waals surface area contributed by atoms with E-state index >= 15 is 0 Å². The van der Waals surface area contributed by atoms with Crippen LogP contribution < -0.4 is 10.6 Å². The molecule has 8 heteroatoms. The minimum absolute atomic E-state index is 0.00662. The fraction of sp³-hybridized carbons (Fsp3) is 0.320. The van der Waals surface area contributed by atoms with Gasteiger partial charge in [-0.05, 0) is 69.0 Å². The topological polar surface area (TPSA) is 79.3 Å². The average molecular weight is 450 g/mol. The van der Waals surface area contributed by atoms with E-state index in [0.29, 0.717) is 30.9 Å². The molecule has 1 unspecified atom stereocenters. The second-order valence-corrected chi connectivity index (χ2v) is 8.44. The van der Waals surface area contributed by atoms with Crippen molar-refractivity contribution < 1.29 is 14.0 Å². The highest BCUT2D eigenvalue weighted by Gasteiger charge is 2.27. The predicted octanol–water partition coefficient (Wildman–Crippen LogP) is 4.30. The van der Waals surface area contributed by atoms with Gasteiger partial charge in [-0.15, -0.1) is 0 Å². The lowest BCUT2D eigenvalue weighted by Gasteiger charge is -2.33. The van der Waals surface area contributed by atoms with E-state index in [1.54, 1.807) is 24.5 Å². The van der Waals surface area contributed by atoms with Gasteiger partial charge in [0.05, 0.1) is 17.4 Å². The molecule has 1 atom stereocenters. The zero-order valence-electron chi connectivity index (χ0n) is 18.8. The van der Waals surface area contributed by atoms with Crippen LogP contribution in [0.1, 0.15) is 34.6 Å². The van der Waals surface area contributed by atoms with Crippen LogP contribution in [0.25, 0.3) is 5.69 Å². The number of benzene rings is 1. The summed E-state index contributed by atoms with van der Waals surface area (Å²) in [5.41, 5.74) is 3.88. The highest BCUT2D eigenvalue weighted by Crippen LogP contribution is 2.24. The lowest BCUT2D eigenvalue weighted by molar-refractivity contribution is 0.0674. The highest BCUT2D eigenvalue weighted by atomic mass is 19.1. The molecule has 1 aliphatic rings. The van der Waals surface area contributed by atoms with Gasteiger partial charge in [0.25, 0.3) is 5.91 Å². The van der Waals surface area contributed by atoms with Crippen LogP contribution in [0.15, 0.2) is 54.9 Å². The summed E-state index contributed by atoms with van der Waals surface area (Å²) in [5.74, 6) is -0.243. The van der Waals surface area contributed by atoms with E-state index in [-0.39, 0.29) is 17.9 Å². The van der Waals surface area contributed by atoms with Gasteiger partial charge >= 0.3 is 6.03 Å². The maximum absolute atomic E-state index is 13.3. The summed E-state index contributed by atoms with van der Waals surface area (Å²) in [7, 11) is 0. The summed E-state index contributed by atoms with van der Waals surface area (Å²) in [4.78, 5) is 31.6. The molecule has 33 heavy (non-hydrogen) atoms. The Morgan fingerprint density at radius 1 is 1.18 bits per heavy atom. The molecule has 1 saturated heterocycles. The van der Waals surface area contributed by atoms with Crippen LogP contribution in [0.5, 0.6) is 0 Å². The largest absolute Gasteiger partial charge is 0.338 e. The van der Waals surface area contributed by atoms with Crippen LogP contribution in [0.3, 0.4) is 0 Å². The number of likely N-dealkylation sites (tertiary alicyclic amines) is 1. The molecule has 2 N–H and O–H groups in total. The van der Waals surface area contributed by atoms with Gasteiger partial charge in [0.15, 0.2) is 0 Å². The standard InChI is InChI=1S/C25H28FN5O2/c1-17-12-23(18(2)31(17)22-9-4-10-27-15-22)24(32)30-11-5-6-19(16-30)14-28-25(33)29-21-8-3-7-20(26)13-21/h3-4,7-10,12-13,15,19H,5-6,11,14,16H2,1-2H3,(H2,28,29,33). The number of nitrogens with zero attached hydrogens (tertiary/aromatic N) is 3.